The molecule has 0 atom stereocenters. The number of Topliss-reactive ketones (excluding diaryl/α,β-unsaturated/α-hetero) is 1. The number of carbonyl (C=O) groups is 2. The van der Waals surface area contributed by atoms with Gasteiger partial charge in [0.1, 0.15) is 4.88 Å². The van der Waals surface area contributed by atoms with Crippen molar-refractivity contribution in [1.82, 2.24) is 4.57 Å². The highest BCUT2D eigenvalue weighted by Gasteiger charge is 2.26. The first kappa shape index (κ1) is 17.1. The maximum Gasteiger partial charge on any atom is 0.311 e. The van der Waals surface area contributed by atoms with Gasteiger partial charge < -0.3 is 5.11 Å². The van der Waals surface area contributed by atoms with E-state index in [1.807, 2.05) is 13.0 Å². The van der Waals surface area contributed by atoms with Gasteiger partial charge in [-0.15, -0.1) is 0 Å². The van der Waals surface area contributed by atoms with E-state index in [1.165, 1.54) is 0 Å². The van der Waals surface area contributed by atoms with Crippen LogP contribution in [0.2, 0.25) is 0 Å². The maximum absolute atomic E-state index is 12.4. The van der Waals surface area contributed by atoms with Crippen LogP contribution < -0.4 is 15.4 Å². The molecular weight excluding hydrogens is 364 g/mol. The number of benzene rings is 2. The van der Waals surface area contributed by atoms with Gasteiger partial charge in [0.25, 0.3) is 5.91 Å². The lowest BCUT2D eigenvalue weighted by Crippen LogP contribution is -2.23. The third-order valence-corrected chi connectivity index (χ3v) is 5.34. The normalized spacial score (nSPS) is 12.8. The number of nitrogens with zero attached hydrogens (tertiary/aromatic N) is 2. The van der Waals surface area contributed by atoms with Crippen molar-refractivity contribution in [3.63, 3.8) is 0 Å². The molecule has 0 unspecified atom stereocenters. The highest BCUT2D eigenvalue weighted by atomic mass is 32.1. The minimum Gasteiger partial charge on any atom is -0.493 e. The Balaban J connectivity index is 1.82. The summed E-state index contributed by atoms with van der Waals surface area (Å²) < 4.78 is 0.989. The Morgan fingerprint density at radius 1 is 1.15 bits per heavy atom. The van der Waals surface area contributed by atoms with Crippen molar-refractivity contribution in [1.29, 1.82) is 0 Å². The predicted octanol–water partition coefficient (Wildman–Crippen LogP) is 1.17. The monoisotopic (exact) mass is 378 g/mol. The van der Waals surface area contributed by atoms with Crippen LogP contribution in [0.15, 0.2) is 58.3 Å². The van der Waals surface area contributed by atoms with Crippen LogP contribution in [0.25, 0.3) is 5.57 Å². The molecule has 1 aromatic heterocycles. The summed E-state index contributed by atoms with van der Waals surface area (Å²) in [6.45, 7) is 1.58. The third kappa shape index (κ3) is 2.92. The number of rotatable bonds is 4. The van der Waals surface area contributed by atoms with Crippen LogP contribution in [-0.2, 0) is 11.3 Å². The number of carbonyl (C=O) groups excluding carboxylic acids is 2. The van der Waals surface area contributed by atoms with Crippen LogP contribution in [0, 0.1) is 6.92 Å². The Morgan fingerprint density at radius 2 is 1.89 bits per heavy atom. The van der Waals surface area contributed by atoms with Gasteiger partial charge in [-0.1, -0.05) is 53.3 Å². The lowest BCUT2D eigenvalue weighted by molar-refractivity contribution is -0.112. The molecule has 6 nitrogen and oxygen atoms in total. The van der Waals surface area contributed by atoms with Gasteiger partial charge in [-0.05, 0) is 19.1 Å². The first-order valence-corrected chi connectivity index (χ1v) is 9.02. The Labute approximate surface area is 157 Å². The van der Waals surface area contributed by atoms with Crippen LogP contribution in [0.5, 0.6) is 5.88 Å². The molecule has 0 bridgehead atoms. The number of amides is 1. The molecule has 134 valence electrons. The number of ketones is 1. The summed E-state index contributed by atoms with van der Waals surface area (Å²) in [6, 6.07) is 13.9. The molecule has 1 aliphatic heterocycles. The Bertz CT molecular complexity index is 1270. The number of hydrogen-bond acceptors (Lipinski definition) is 5. The molecule has 1 amide bonds. The summed E-state index contributed by atoms with van der Waals surface area (Å²) >= 11 is 0.736. The lowest BCUT2D eigenvalue weighted by Gasteiger charge is -2.04. The van der Waals surface area contributed by atoms with Crippen molar-refractivity contribution in [2.45, 2.75) is 13.5 Å². The van der Waals surface area contributed by atoms with Crippen molar-refractivity contribution in [3.05, 3.63) is 84.8 Å². The largest absolute Gasteiger partial charge is 0.493 e. The second-order valence-corrected chi connectivity index (χ2v) is 7.17. The van der Waals surface area contributed by atoms with Gasteiger partial charge in [0, 0.05) is 10.8 Å². The number of aryl methyl sites for hydroxylation is 1. The third-order valence-electron chi connectivity index (χ3n) is 4.35. The van der Waals surface area contributed by atoms with Gasteiger partial charge in [-0.25, -0.2) is 4.99 Å². The molecular formula is C20H14N2O4S. The highest BCUT2D eigenvalue weighted by Crippen LogP contribution is 2.28. The number of thiazole rings is 1. The quantitative estimate of drug-likeness (QED) is 0.690. The second kappa shape index (κ2) is 6.44. The molecule has 1 N–H and O–H groups in total. The van der Waals surface area contributed by atoms with Gasteiger partial charge in [-0.3, -0.25) is 19.0 Å². The average molecular weight is 378 g/mol. The van der Waals surface area contributed by atoms with Crippen LogP contribution in [0.1, 0.15) is 20.8 Å². The molecule has 0 spiro atoms. The fraction of sp³-hybridized carbons (Fsp3) is 0.100. The minimum absolute atomic E-state index is 0.138. The molecule has 4 rings (SSSR count). The van der Waals surface area contributed by atoms with E-state index >= 15 is 0 Å². The maximum atomic E-state index is 12.4. The summed E-state index contributed by atoms with van der Waals surface area (Å²) in [4.78, 5) is 40.8. The Hall–Kier alpha value is -3.32. The summed E-state index contributed by atoms with van der Waals surface area (Å²) in [5.41, 5.74) is 1.57. The number of hydrogen-bond donors (Lipinski definition) is 1. The van der Waals surface area contributed by atoms with E-state index in [0.717, 1.165) is 21.5 Å². The van der Waals surface area contributed by atoms with Crippen LogP contribution in [0.3, 0.4) is 0 Å². The van der Waals surface area contributed by atoms with Gasteiger partial charge in [0.05, 0.1) is 17.5 Å². The topological polar surface area (TPSA) is 88.7 Å². The fourth-order valence-corrected chi connectivity index (χ4v) is 3.94. The van der Waals surface area contributed by atoms with Crippen molar-refractivity contribution in [2.75, 3.05) is 0 Å². The summed E-state index contributed by atoms with van der Waals surface area (Å²) in [7, 11) is 0. The standard InChI is InChI=1S/C20H14N2O4S/c1-11-7-8-14-13(9-11)16(18(24)21-14)17-19(25)22(20(26)27-17)10-15(23)12-5-3-2-4-6-12/h2-9,25H,10H2,1H3. The van der Waals surface area contributed by atoms with E-state index in [1.54, 1.807) is 42.5 Å². The van der Waals surface area contributed by atoms with E-state index < -0.39 is 10.8 Å². The van der Waals surface area contributed by atoms with Crippen LogP contribution in [-0.4, -0.2) is 21.4 Å². The van der Waals surface area contributed by atoms with Crippen molar-refractivity contribution in [2.24, 2.45) is 4.99 Å². The average Bonchev–Trinajstić information content (AvgIpc) is 3.12. The smallest absolute Gasteiger partial charge is 0.311 e. The number of fused-ring (bicyclic) bond motifs is 1. The summed E-state index contributed by atoms with van der Waals surface area (Å²) in [5, 5.41) is 11.7. The Kier molecular flexibility index (Phi) is 4.08. The fourth-order valence-electron chi connectivity index (χ4n) is 3.01. The Morgan fingerprint density at radius 3 is 2.63 bits per heavy atom. The molecule has 0 saturated carbocycles. The molecule has 0 aliphatic carbocycles. The molecule has 3 aromatic rings. The molecule has 0 fully saturated rings. The van der Waals surface area contributed by atoms with E-state index in [4.69, 9.17) is 0 Å². The summed E-state index contributed by atoms with van der Waals surface area (Å²) in [6.07, 6.45) is 0. The zero-order valence-corrected chi connectivity index (χ0v) is 15.1. The van der Waals surface area contributed by atoms with Crippen molar-refractivity contribution in [3.8, 4) is 5.88 Å². The van der Waals surface area contributed by atoms with Crippen LogP contribution >= 0.6 is 11.3 Å². The molecule has 7 heteroatoms. The van der Waals surface area contributed by atoms with E-state index in [-0.39, 0.29) is 28.7 Å². The van der Waals surface area contributed by atoms with Crippen molar-refractivity contribution >= 4 is 28.6 Å². The molecule has 0 saturated heterocycles. The number of aromatic hydroxyl groups is 1. The first-order chi connectivity index (χ1) is 13.0. The van der Waals surface area contributed by atoms with Crippen molar-refractivity contribution < 1.29 is 14.7 Å². The van der Waals surface area contributed by atoms with Gasteiger partial charge >= 0.3 is 4.87 Å². The highest BCUT2D eigenvalue weighted by molar-refractivity contribution is 7.11. The molecule has 2 heterocycles. The van der Waals surface area contributed by atoms with Crippen LogP contribution in [0.4, 0.5) is 0 Å². The number of aromatic nitrogens is 1. The van der Waals surface area contributed by atoms with Gasteiger partial charge in [-0.2, -0.15) is 0 Å². The molecule has 2 aromatic carbocycles. The van der Waals surface area contributed by atoms with E-state index in [9.17, 15) is 19.5 Å². The second-order valence-electron chi connectivity index (χ2n) is 6.21. The minimum atomic E-state index is -0.506. The lowest BCUT2D eigenvalue weighted by atomic mass is 10.1. The summed E-state index contributed by atoms with van der Waals surface area (Å²) in [5.74, 6) is -1.20. The molecule has 1 aliphatic rings. The van der Waals surface area contributed by atoms with E-state index in [2.05, 4.69) is 4.99 Å². The SMILES string of the molecule is Cc1ccc2c(c1)=C(c1sc(=O)n(CC(=O)c3ccccc3)c1O)C(=O)N=2. The zero-order valence-electron chi connectivity index (χ0n) is 14.3. The molecule has 0 radical (unpaired) electrons. The van der Waals surface area contributed by atoms with Gasteiger partial charge in [0.2, 0.25) is 5.88 Å². The predicted molar refractivity (Wildman–Crippen MR) is 100 cm³/mol. The van der Waals surface area contributed by atoms with E-state index in [0.29, 0.717) is 16.1 Å². The first-order valence-electron chi connectivity index (χ1n) is 8.21. The molecule has 27 heavy (non-hydrogen) atoms. The van der Waals surface area contributed by atoms with Gasteiger partial charge in [0.15, 0.2) is 5.78 Å². The zero-order chi connectivity index (χ0) is 19.1.